The van der Waals surface area contributed by atoms with Crippen molar-refractivity contribution in [2.45, 2.75) is 92.0 Å². The van der Waals surface area contributed by atoms with Crippen LogP contribution in [-0.4, -0.2) is 80.5 Å². The lowest BCUT2D eigenvalue weighted by Gasteiger charge is -2.33. The SMILES string of the molecule is CC1=C(/C=C(/c2cnc3[nH]cc(C(C)C)c3n2)C(C)OCCNC(=O)OC(C)(C)C)CCN(C(=O)C(C)(C)O)C1. The first-order valence-electron chi connectivity index (χ1n) is 13.9. The summed E-state index contributed by atoms with van der Waals surface area (Å²) in [5.74, 6) is -0.00444. The molecule has 0 aliphatic carbocycles. The molecule has 3 rings (SSSR count). The third kappa shape index (κ3) is 8.14. The summed E-state index contributed by atoms with van der Waals surface area (Å²) < 4.78 is 11.5. The van der Waals surface area contributed by atoms with Crippen molar-refractivity contribution < 1.29 is 24.2 Å². The smallest absolute Gasteiger partial charge is 0.407 e. The van der Waals surface area contributed by atoms with Crippen LogP contribution in [0.5, 0.6) is 0 Å². The van der Waals surface area contributed by atoms with Crippen LogP contribution in [0.25, 0.3) is 16.7 Å². The van der Waals surface area contributed by atoms with Crippen LogP contribution >= 0.6 is 0 Å². The number of hydrogen-bond donors (Lipinski definition) is 3. The number of aliphatic hydroxyl groups is 1. The fraction of sp³-hybridized carbons (Fsp3) is 0.600. The third-order valence-electron chi connectivity index (χ3n) is 6.67. The number of fused-ring (bicyclic) bond motifs is 1. The van der Waals surface area contributed by atoms with Gasteiger partial charge in [0.15, 0.2) is 5.65 Å². The second kappa shape index (κ2) is 12.5. The molecule has 0 saturated heterocycles. The van der Waals surface area contributed by atoms with Crippen LogP contribution in [-0.2, 0) is 14.3 Å². The summed E-state index contributed by atoms with van der Waals surface area (Å²) >= 11 is 0. The average molecular weight is 556 g/mol. The molecule has 0 spiro atoms. The van der Waals surface area contributed by atoms with E-state index >= 15 is 0 Å². The summed E-state index contributed by atoms with van der Waals surface area (Å²) in [5.41, 5.74) is 4.37. The van der Waals surface area contributed by atoms with Crippen LogP contribution in [0.2, 0.25) is 0 Å². The number of carbonyl (C=O) groups excluding carboxylic acids is 2. The number of carbonyl (C=O) groups is 2. The average Bonchev–Trinajstić information content (AvgIpc) is 3.27. The highest BCUT2D eigenvalue weighted by molar-refractivity contribution is 5.84. The largest absolute Gasteiger partial charge is 0.444 e. The van der Waals surface area contributed by atoms with Gasteiger partial charge in [-0.2, -0.15) is 0 Å². The van der Waals surface area contributed by atoms with E-state index in [0.717, 1.165) is 33.4 Å². The van der Waals surface area contributed by atoms with Crippen molar-refractivity contribution in [2.75, 3.05) is 26.2 Å². The molecule has 2 aromatic rings. The van der Waals surface area contributed by atoms with Crippen LogP contribution < -0.4 is 5.32 Å². The lowest BCUT2D eigenvalue weighted by molar-refractivity contribution is -0.147. The van der Waals surface area contributed by atoms with Gasteiger partial charge in [0.1, 0.15) is 16.7 Å². The minimum atomic E-state index is -1.41. The minimum absolute atomic E-state index is 0.278. The highest BCUT2D eigenvalue weighted by Gasteiger charge is 2.31. The van der Waals surface area contributed by atoms with E-state index in [1.54, 1.807) is 11.1 Å². The molecule has 220 valence electrons. The zero-order valence-corrected chi connectivity index (χ0v) is 25.3. The maximum absolute atomic E-state index is 12.6. The number of ether oxygens (including phenoxy) is 2. The molecule has 0 bridgehead atoms. The maximum Gasteiger partial charge on any atom is 0.407 e. The molecule has 10 heteroatoms. The number of amides is 2. The summed E-state index contributed by atoms with van der Waals surface area (Å²) in [4.78, 5) is 39.2. The molecule has 0 saturated carbocycles. The topological polar surface area (TPSA) is 130 Å². The molecule has 1 atom stereocenters. The third-order valence-corrected chi connectivity index (χ3v) is 6.67. The second-order valence-electron chi connectivity index (χ2n) is 12.2. The van der Waals surface area contributed by atoms with Gasteiger partial charge in [0.2, 0.25) is 0 Å². The van der Waals surface area contributed by atoms with Crippen molar-refractivity contribution in [2.24, 2.45) is 0 Å². The number of H-pyrrole nitrogens is 1. The summed E-state index contributed by atoms with van der Waals surface area (Å²) in [6.07, 6.45) is 5.58. The van der Waals surface area contributed by atoms with Crippen LogP contribution in [0.4, 0.5) is 4.79 Å². The van der Waals surface area contributed by atoms with Crippen LogP contribution in [0.15, 0.2) is 29.6 Å². The predicted molar refractivity (Wildman–Crippen MR) is 156 cm³/mol. The molecule has 40 heavy (non-hydrogen) atoms. The van der Waals surface area contributed by atoms with Gasteiger partial charge in [-0.15, -0.1) is 0 Å². The highest BCUT2D eigenvalue weighted by Crippen LogP contribution is 2.29. The lowest BCUT2D eigenvalue weighted by Crippen LogP contribution is -2.47. The molecule has 1 aliphatic rings. The molecule has 3 N–H and O–H groups in total. The first-order valence-corrected chi connectivity index (χ1v) is 13.9. The molecule has 10 nitrogen and oxygen atoms in total. The lowest BCUT2D eigenvalue weighted by atomic mass is 9.95. The monoisotopic (exact) mass is 555 g/mol. The van der Waals surface area contributed by atoms with Crippen molar-refractivity contribution in [3.63, 3.8) is 0 Å². The van der Waals surface area contributed by atoms with Gasteiger partial charge in [-0.3, -0.25) is 4.79 Å². The molecule has 1 unspecified atom stereocenters. The minimum Gasteiger partial charge on any atom is -0.444 e. The van der Waals surface area contributed by atoms with Crippen molar-refractivity contribution in [3.8, 4) is 0 Å². The van der Waals surface area contributed by atoms with Crippen LogP contribution in [0.3, 0.4) is 0 Å². The molecule has 2 aromatic heterocycles. The molecule has 2 amide bonds. The van der Waals surface area contributed by atoms with Crippen molar-refractivity contribution in [1.82, 2.24) is 25.2 Å². The predicted octanol–water partition coefficient (Wildman–Crippen LogP) is 4.71. The van der Waals surface area contributed by atoms with E-state index in [4.69, 9.17) is 14.5 Å². The van der Waals surface area contributed by atoms with Gasteiger partial charge in [-0.05, 0) is 66.4 Å². The van der Waals surface area contributed by atoms with E-state index in [1.807, 2.05) is 40.8 Å². The number of aromatic amines is 1. The Bertz CT molecular complexity index is 1280. The van der Waals surface area contributed by atoms with Crippen molar-refractivity contribution in [1.29, 1.82) is 0 Å². The molecule has 0 radical (unpaired) electrons. The summed E-state index contributed by atoms with van der Waals surface area (Å²) in [6.45, 7) is 18.2. The number of nitrogens with zero attached hydrogens (tertiary/aromatic N) is 3. The highest BCUT2D eigenvalue weighted by atomic mass is 16.6. The number of rotatable bonds is 9. The Morgan fingerprint density at radius 2 is 1.93 bits per heavy atom. The Morgan fingerprint density at radius 1 is 1.23 bits per heavy atom. The molecule has 1 aliphatic heterocycles. The van der Waals surface area contributed by atoms with Gasteiger partial charge in [0.25, 0.3) is 5.91 Å². The Balaban J connectivity index is 1.88. The summed E-state index contributed by atoms with van der Waals surface area (Å²) in [6, 6.07) is 0. The Labute approximate surface area is 237 Å². The van der Waals surface area contributed by atoms with E-state index in [9.17, 15) is 14.7 Å². The van der Waals surface area contributed by atoms with E-state index in [0.29, 0.717) is 31.7 Å². The maximum atomic E-state index is 12.6. The molecule has 3 heterocycles. The van der Waals surface area contributed by atoms with Crippen molar-refractivity contribution in [3.05, 3.63) is 40.9 Å². The first kappa shape index (κ1) is 31.3. The molecular weight excluding hydrogens is 510 g/mol. The van der Waals surface area contributed by atoms with Crippen LogP contribution in [0, 0.1) is 0 Å². The summed E-state index contributed by atoms with van der Waals surface area (Å²) in [5, 5.41) is 12.9. The first-order chi connectivity index (χ1) is 18.6. The van der Waals surface area contributed by atoms with E-state index in [2.05, 4.69) is 35.2 Å². The zero-order chi connectivity index (χ0) is 29.8. The van der Waals surface area contributed by atoms with Crippen molar-refractivity contribution >= 4 is 28.7 Å². The van der Waals surface area contributed by atoms with Gasteiger partial charge in [0.05, 0.1) is 24.6 Å². The number of nitrogens with one attached hydrogen (secondary N) is 2. The molecule has 0 aromatic carbocycles. The molecule has 0 fully saturated rings. The van der Waals surface area contributed by atoms with Gasteiger partial charge < -0.3 is 29.8 Å². The van der Waals surface area contributed by atoms with Gasteiger partial charge in [-0.25, -0.2) is 14.8 Å². The number of aromatic nitrogens is 3. The van der Waals surface area contributed by atoms with E-state index in [-0.39, 0.29) is 24.5 Å². The van der Waals surface area contributed by atoms with E-state index < -0.39 is 17.3 Å². The standard InChI is InChI=1S/C30H45N5O5/c1-18(2)23-15-32-26-25(23)34-24(16-33-26)22(20(4)39-13-11-31-28(37)40-29(5,6)7)14-21-10-12-35(17-19(21)3)27(36)30(8,9)38/h14-16,18,20,38H,10-13,17H2,1-9H3,(H,31,37)(H,32,33)/b22-14+. The number of allylic oxidation sites excluding steroid dienone is 1. The Morgan fingerprint density at radius 3 is 2.52 bits per heavy atom. The van der Waals surface area contributed by atoms with Crippen LogP contribution in [0.1, 0.15) is 85.9 Å². The van der Waals surface area contributed by atoms with E-state index in [1.165, 1.54) is 13.8 Å². The Kier molecular flexibility index (Phi) is 9.79. The fourth-order valence-electron chi connectivity index (χ4n) is 4.56. The zero-order valence-electron chi connectivity index (χ0n) is 25.3. The fourth-order valence-corrected chi connectivity index (χ4v) is 4.56. The molecular formula is C30H45N5O5. The Hall–Kier alpha value is -3.24. The second-order valence-corrected chi connectivity index (χ2v) is 12.2. The summed E-state index contributed by atoms with van der Waals surface area (Å²) in [7, 11) is 0. The number of hydrogen-bond acceptors (Lipinski definition) is 7. The van der Waals surface area contributed by atoms with Gasteiger partial charge in [0, 0.05) is 37.0 Å². The quantitative estimate of drug-likeness (QED) is 0.382. The van der Waals surface area contributed by atoms with Gasteiger partial charge in [-0.1, -0.05) is 25.5 Å². The van der Waals surface area contributed by atoms with Gasteiger partial charge >= 0.3 is 6.09 Å². The normalized spacial score (nSPS) is 16.1. The number of alkyl carbamates (subject to hydrolysis) is 1.